The van der Waals surface area contributed by atoms with Crippen molar-refractivity contribution in [2.75, 3.05) is 6.54 Å². The normalized spacial score (nSPS) is 19.6. The van der Waals surface area contributed by atoms with Crippen molar-refractivity contribution in [1.29, 1.82) is 0 Å². The van der Waals surface area contributed by atoms with Gasteiger partial charge in [-0.05, 0) is 38.4 Å². The number of ketones is 1. The maximum atomic E-state index is 11.6. The molecule has 0 aliphatic carbocycles. The zero-order chi connectivity index (χ0) is 12.7. The van der Waals surface area contributed by atoms with Crippen LogP contribution in [-0.2, 0) is 0 Å². The predicted octanol–water partition coefficient (Wildman–Crippen LogP) is 3.22. The first-order chi connectivity index (χ1) is 8.65. The van der Waals surface area contributed by atoms with Crippen LogP contribution in [0.3, 0.4) is 0 Å². The molecule has 4 nitrogen and oxygen atoms in total. The molecule has 3 rings (SSSR count). The lowest BCUT2D eigenvalue weighted by atomic mass is 10.1. The SMILES string of the molecule is CC(=O)c1cc(Br)cc2nc(C3CCCN3)oc12. The highest BCUT2D eigenvalue weighted by atomic mass is 79.9. The predicted molar refractivity (Wildman–Crippen MR) is 71.7 cm³/mol. The van der Waals surface area contributed by atoms with Crippen LogP contribution in [0.25, 0.3) is 11.1 Å². The Hall–Kier alpha value is -1.20. The molecule has 0 bridgehead atoms. The summed E-state index contributed by atoms with van der Waals surface area (Å²) in [6.07, 6.45) is 2.16. The summed E-state index contributed by atoms with van der Waals surface area (Å²) in [5.74, 6) is 0.673. The highest BCUT2D eigenvalue weighted by molar-refractivity contribution is 9.10. The number of oxazole rings is 1. The number of nitrogens with zero attached hydrogens (tertiary/aromatic N) is 1. The molecule has 0 spiro atoms. The second-order valence-corrected chi connectivity index (χ2v) is 5.47. The minimum Gasteiger partial charge on any atom is -0.438 e. The van der Waals surface area contributed by atoms with E-state index in [-0.39, 0.29) is 11.8 Å². The molecule has 0 saturated carbocycles. The zero-order valence-electron chi connectivity index (χ0n) is 10.00. The molecular formula is C13H13BrN2O2. The molecule has 1 saturated heterocycles. The van der Waals surface area contributed by atoms with E-state index < -0.39 is 0 Å². The molecule has 0 amide bonds. The second kappa shape index (κ2) is 4.48. The summed E-state index contributed by atoms with van der Waals surface area (Å²) in [7, 11) is 0. The molecule has 1 fully saturated rings. The fraction of sp³-hybridized carbons (Fsp3) is 0.385. The summed E-state index contributed by atoms with van der Waals surface area (Å²) >= 11 is 3.39. The van der Waals surface area contributed by atoms with Crippen LogP contribution in [0, 0.1) is 0 Å². The second-order valence-electron chi connectivity index (χ2n) is 4.56. The summed E-state index contributed by atoms with van der Waals surface area (Å²) in [4.78, 5) is 16.1. The van der Waals surface area contributed by atoms with E-state index in [9.17, 15) is 4.79 Å². The van der Waals surface area contributed by atoms with E-state index in [4.69, 9.17) is 4.42 Å². The Morgan fingerprint density at radius 2 is 2.39 bits per heavy atom. The summed E-state index contributed by atoms with van der Waals surface area (Å²) < 4.78 is 6.63. The molecule has 2 heterocycles. The Morgan fingerprint density at radius 3 is 3.06 bits per heavy atom. The van der Waals surface area contributed by atoms with E-state index in [1.807, 2.05) is 6.07 Å². The highest BCUT2D eigenvalue weighted by Gasteiger charge is 2.23. The van der Waals surface area contributed by atoms with Crippen LogP contribution in [0.4, 0.5) is 0 Å². The first-order valence-corrected chi connectivity index (χ1v) is 6.79. The van der Waals surface area contributed by atoms with Gasteiger partial charge in [-0.15, -0.1) is 0 Å². The number of Topliss-reactive ketones (excluding diaryl/α,β-unsaturated/α-hetero) is 1. The van der Waals surface area contributed by atoms with Crippen molar-refractivity contribution in [1.82, 2.24) is 10.3 Å². The summed E-state index contributed by atoms with van der Waals surface area (Å²) in [5, 5.41) is 3.34. The van der Waals surface area contributed by atoms with Crippen molar-refractivity contribution in [3.8, 4) is 0 Å². The van der Waals surface area contributed by atoms with E-state index in [0.717, 1.165) is 29.4 Å². The number of halogens is 1. The van der Waals surface area contributed by atoms with Gasteiger partial charge >= 0.3 is 0 Å². The Balaban J connectivity index is 2.15. The van der Waals surface area contributed by atoms with Crippen molar-refractivity contribution >= 4 is 32.8 Å². The van der Waals surface area contributed by atoms with Crippen LogP contribution in [-0.4, -0.2) is 17.3 Å². The molecule has 5 heteroatoms. The van der Waals surface area contributed by atoms with Crippen molar-refractivity contribution in [3.05, 3.63) is 28.1 Å². The number of hydrogen-bond donors (Lipinski definition) is 1. The fourth-order valence-corrected chi connectivity index (χ4v) is 2.77. The van der Waals surface area contributed by atoms with Crippen molar-refractivity contribution < 1.29 is 9.21 Å². The summed E-state index contributed by atoms with van der Waals surface area (Å²) in [6.45, 7) is 2.53. The maximum Gasteiger partial charge on any atom is 0.212 e. The molecular weight excluding hydrogens is 296 g/mol. The molecule has 18 heavy (non-hydrogen) atoms. The monoisotopic (exact) mass is 308 g/mol. The maximum absolute atomic E-state index is 11.6. The van der Waals surface area contributed by atoms with Gasteiger partial charge in [0.2, 0.25) is 5.89 Å². The van der Waals surface area contributed by atoms with E-state index in [2.05, 4.69) is 26.2 Å². The third-order valence-corrected chi connectivity index (χ3v) is 3.67. The lowest BCUT2D eigenvalue weighted by molar-refractivity contribution is 0.101. The van der Waals surface area contributed by atoms with Crippen LogP contribution < -0.4 is 5.32 Å². The van der Waals surface area contributed by atoms with E-state index in [1.54, 1.807) is 6.07 Å². The zero-order valence-corrected chi connectivity index (χ0v) is 11.6. The lowest BCUT2D eigenvalue weighted by Crippen LogP contribution is -2.12. The Bertz CT molecular complexity index is 615. The molecule has 1 aliphatic rings. The van der Waals surface area contributed by atoms with Gasteiger partial charge in [0.05, 0.1) is 11.6 Å². The standard InChI is InChI=1S/C13H13BrN2O2/c1-7(17)9-5-8(14)6-11-12(9)18-13(16-11)10-3-2-4-15-10/h5-6,10,15H,2-4H2,1H3. The largest absolute Gasteiger partial charge is 0.438 e. The van der Waals surface area contributed by atoms with Crippen LogP contribution >= 0.6 is 15.9 Å². The van der Waals surface area contributed by atoms with Crippen LogP contribution in [0.1, 0.15) is 42.1 Å². The van der Waals surface area contributed by atoms with Gasteiger partial charge in [-0.1, -0.05) is 15.9 Å². The summed E-state index contributed by atoms with van der Waals surface area (Å²) in [5.41, 5.74) is 1.91. The molecule has 1 aromatic carbocycles. The molecule has 1 atom stereocenters. The smallest absolute Gasteiger partial charge is 0.212 e. The molecule has 1 unspecified atom stereocenters. The van der Waals surface area contributed by atoms with Gasteiger partial charge in [0, 0.05) is 4.47 Å². The number of aromatic nitrogens is 1. The van der Waals surface area contributed by atoms with Gasteiger partial charge in [0.15, 0.2) is 11.4 Å². The molecule has 2 aromatic rings. The van der Waals surface area contributed by atoms with Crippen LogP contribution in [0.5, 0.6) is 0 Å². The number of nitrogens with one attached hydrogen (secondary N) is 1. The molecule has 1 N–H and O–H groups in total. The third kappa shape index (κ3) is 1.97. The van der Waals surface area contributed by atoms with E-state index in [1.165, 1.54) is 6.92 Å². The van der Waals surface area contributed by atoms with E-state index in [0.29, 0.717) is 17.0 Å². The number of benzene rings is 1. The number of rotatable bonds is 2. The molecule has 0 radical (unpaired) electrons. The van der Waals surface area contributed by atoms with Gasteiger partial charge < -0.3 is 9.73 Å². The Labute approximate surface area is 113 Å². The average Bonchev–Trinajstić information content (AvgIpc) is 2.95. The van der Waals surface area contributed by atoms with Gasteiger partial charge in [-0.2, -0.15) is 0 Å². The first kappa shape index (κ1) is 11.9. The van der Waals surface area contributed by atoms with Gasteiger partial charge in [-0.3, -0.25) is 4.79 Å². The number of carbonyl (C=O) groups is 1. The Morgan fingerprint density at radius 1 is 1.56 bits per heavy atom. The first-order valence-electron chi connectivity index (χ1n) is 5.99. The Kier molecular flexibility index (Phi) is 2.95. The van der Waals surface area contributed by atoms with Crippen molar-refractivity contribution in [2.24, 2.45) is 0 Å². The topological polar surface area (TPSA) is 55.1 Å². The van der Waals surface area contributed by atoms with Crippen LogP contribution in [0.15, 0.2) is 21.0 Å². The average molecular weight is 309 g/mol. The van der Waals surface area contributed by atoms with Gasteiger partial charge in [-0.25, -0.2) is 4.98 Å². The molecule has 1 aliphatic heterocycles. The fourth-order valence-electron chi connectivity index (χ4n) is 2.32. The quantitative estimate of drug-likeness (QED) is 0.866. The highest BCUT2D eigenvalue weighted by Crippen LogP contribution is 2.30. The summed E-state index contributed by atoms with van der Waals surface area (Å²) in [6, 6.07) is 3.83. The van der Waals surface area contributed by atoms with E-state index >= 15 is 0 Å². The number of fused-ring (bicyclic) bond motifs is 1. The third-order valence-electron chi connectivity index (χ3n) is 3.21. The van der Waals surface area contributed by atoms with Gasteiger partial charge in [0.1, 0.15) is 5.52 Å². The van der Waals surface area contributed by atoms with Gasteiger partial charge in [0.25, 0.3) is 0 Å². The molecule has 1 aromatic heterocycles. The lowest BCUT2D eigenvalue weighted by Gasteiger charge is -2.02. The minimum atomic E-state index is -0.0108. The number of hydrogen-bond acceptors (Lipinski definition) is 4. The van der Waals surface area contributed by atoms with Crippen LogP contribution in [0.2, 0.25) is 0 Å². The van der Waals surface area contributed by atoms with Crippen molar-refractivity contribution in [3.63, 3.8) is 0 Å². The number of carbonyl (C=O) groups excluding carboxylic acids is 1. The minimum absolute atomic E-state index is 0.0108. The molecule has 94 valence electrons. The van der Waals surface area contributed by atoms with Crippen molar-refractivity contribution in [2.45, 2.75) is 25.8 Å².